The van der Waals surface area contributed by atoms with E-state index in [-0.39, 0.29) is 0 Å². The quantitative estimate of drug-likeness (QED) is 0.841. The van der Waals surface area contributed by atoms with Gasteiger partial charge in [-0.25, -0.2) is 9.97 Å². The number of morpholine rings is 1. The summed E-state index contributed by atoms with van der Waals surface area (Å²) in [4.78, 5) is 10.9. The highest BCUT2D eigenvalue weighted by Gasteiger charge is 2.13. The molecular weight excluding hydrogens is 272 g/mol. The summed E-state index contributed by atoms with van der Waals surface area (Å²) in [6, 6.07) is 2.02. The maximum Gasteiger partial charge on any atom is 0.134 e. The second-order valence-corrected chi connectivity index (χ2v) is 7.67. The minimum absolute atomic E-state index is 0.312. The largest absolute Gasteiger partial charge is 0.378 e. The minimum Gasteiger partial charge on any atom is -0.378 e. The van der Waals surface area contributed by atoms with Crippen LogP contribution in [0.5, 0.6) is 0 Å². The number of hydrogen-bond donors (Lipinski definition) is 1. The van der Waals surface area contributed by atoms with Gasteiger partial charge in [0.25, 0.3) is 0 Å². The Morgan fingerprint density at radius 3 is 2.75 bits per heavy atom. The number of anilines is 2. The standard InChI is InChI=1S/C14H24N4OS/c1-14(2,3)20-9-4-15-12-10-13(17-11-16-12)18-5-7-19-8-6-18/h10-11H,4-9H2,1-3H3,(H,15,16,17). The average molecular weight is 296 g/mol. The predicted molar refractivity (Wildman–Crippen MR) is 85.8 cm³/mol. The molecule has 1 aliphatic rings. The van der Waals surface area contributed by atoms with Gasteiger partial charge in [-0.3, -0.25) is 0 Å². The molecule has 1 fully saturated rings. The van der Waals surface area contributed by atoms with E-state index in [1.54, 1.807) is 6.33 Å². The van der Waals surface area contributed by atoms with E-state index in [1.165, 1.54) is 0 Å². The van der Waals surface area contributed by atoms with E-state index in [2.05, 4.69) is 41.0 Å². The van der Waals surface area contributed by atoms with Crippen LogP contribution in [0.25, 0.3) is 0 Å². The van der Waals surface area contributed by atoms with E-state index in [0.717, 1.165) is 50.2 Å². The normalized spacial score (nSPS) is 16.2. The first-order chi connectivity index (χ1) is 9.54. The predicted octanol–water partition coefficient (Wildman–Crippen LogP) is 2.26. The molecule has 6 heteroatoms. The monoisotopic (exact) mass is 296 g/mol. The molecule has 0 spiro atoms. The van der Waals surface area contributed by atoms with Crippen LogP contribution >= 0.6 is 11.8 Å². The molecule has 20 heavy (non-hydrogen) atoms. The van der Waals surface area contributed by atoms with Crippen molar-refractivity contribution in [1.29, 1.82) is 0 Å². The Labute approximate surface area is 125 Å². The molecule has 0 radical (unpaired) electrons. The highest BCUT2D eigenvalue weighted by Crippen LogP contribution is 2.22. The highest BCUT2D eigenvalue weighted by atomic mass is 32.2. The Morgan fingerprint density at radius 1 is 1.30 bits per heavy atom. The summed E-state index contributed by atoms with van der Waals surface area (Å²) >= 11 is 1.95. The number of rotatable bonds is 5. The Morgan fingerprint density at radius 2 is 2.05 bits per heavy atom. The van der Waals surface area contributed by atoms with Gasteiger partial charge in [-0.1, -0.05) is 20.8 Å². The van der Waals surface area contributed by atoms with Gasteiger partial charge in [0.2, 0.25) is 0 Å². The van der Waals surface area contributed by atoms with Gasteiger partial charge < -0.3 is 15.0 Å². The molecule has 1 aliphatic heterocycles. The van der Waals surface area contributed by atoms with E-state index >= 15 is 0 Å². The second kappa shape index (κ2) is 7.13. The van der Waals surface area contributed by atoms with E-state index in [0.29, 0.717) is 4.75 Å². The Hall–Kier alpha value is -1.01. The minimum atomic E-state index is 0.312. The van der Waals surface area contributed by atoms with Crippen LogP contribution < -0.4 is 10.2 Å². The SMILES string of the molecule is CC(C)(C)SCCNc1cc(N2CCOCC2)ncn1. The molecule has 1 aromatic rings. The molecular formula is C14H24N4OS. The van der Waals surface area contributed by atoms with Crippen molar-refractivity contribution in [3.8, 4) is 0 Å². The molecule has 1 N–H and O–H groups in total. The first kappa shape index (κ1) is 15.4. The van der Waals surface area contributed by atoms with Crippen molar-refractivity contribution in [1.82, 2.24) is 9.97 Å². The van der Waals surface area contributed by atoms with Crippen LogP contribution in [0.3, 0.4) is 0 Å². The van der Waals surface area contributed by atoms with Gasteiger partial charge in [0.05, 0.1) is 13.2 Å². The van der Waals surface area contributed by atoms with Crippen LogP contribution in [-0.2, 0) is 4.74 Å². The molecule has 0 saturated carbocycles. The molecule has 0 aliphatic carbocycles. The van der Waals surface area contributed by atoms with E-state index < -0.39 is 0 Å². The Balaban J connectivity index is 1.83. The van der Waals surface area contributed by atoms with Gasteiger partial charge in [-0.15, -0.1) is 0 Å². The summed E-state index contributed by atoms with van der Waals surface area (Å²) in [6.07, 6.45) is 1.63. The number of thioether (sulfide) groups is 1. The lowest BCUT2D eigenvalue weighted by Crippen LogP contribution is -2.36. The van der Waals surface area contributed by atoms with Gasteiger partial charge in [0.1, 0.15) is 18.0 Å². The molecule has 2 heterocycles. The second-order valence-electron chi connectivity index (χ2n) is 5.75. The van der Waals surface area contributed by atoms with Crippen molar-refractivity contribution in [2.75, 3.05) is 48.8 Å². The van der Waals surface area contributed by atoms with E-state index in [1.807, 2.05) is 17.8 Å². The summed E-state index contributed by atoms with van der Waals surface area (Å²) in [5, 5.41) is 3.37. The fraction of sp³-hybridized carbons (Fsp3) is 0.714. The van der Waals surface area contributed by atoms with Crippen LogP contribution in [0, 0.1) is 0 Å². The van der Waals surface area contributed by atoms with Crippen LogP contribution in [0.2, 0.25) is 0 Å². The number of hydrogen-bond acceptors (Lipinski definition) is 6. The zero-order chi connectivity index (χ0) is 14.4. The van der Waals surface area contributed by atoms with Crippen molar-refractivity contribution in [3.63, 3.8) is 0 Å². The Kier molecular flexibility index (Phi) is 5.48. The lowest BCUT2D eigenvalue weighted by molar-refractivity contribution is 0.122. The summed E-state index contributed by atoms with van der Waals surface area (Å²) in [7, 11) is 0. The van der Waals surface area contributed by atoms with E-state index in [9.17, 15) is 0 Å². The Bertz CT molecular complexity index is 416. The van der Waals surface area contributed by atoms with Gasteiger partial charge in [0.15, 0.2) is 0 Å². The maximum atomic E-state index is 5.36. The topological polar surface area (TPSA) is 50.3 Å². The van der Waals surface area contributed by atoms with Gasteiger partial charge in [0, 0.05) is 36.2 Å². The number of aromatic nitrogens is 2. The molecule has 0 bridgehead atoms. The molecule has 1 aromatic heterocycles. The third-order valence-electron chi connectivity index (χ3n) is 2.93. The van der Waals surface area contributed by atoms with Crippen LogP contribution in [0.4, 0.5) is 11.6 Å². The molecule has 2 rings (SSSR count). The number of nitrogens with zero attached hydrogens (tertiary/aromatic N) is 3. The fourth-order valence-electron chi connectivity index (χ4n) is 1.95. The molecule has 5 nitrogen and oxygen atoms in total. The van der Waals surface area contributed by atoms with Crippen LogP contribution in [0.15, 0.2) is 12.4 Å². The van der Waals surface area contributed by atoms with Gasteiger partial charge in [-0.2, -0.15) is 11.8 Å². The van der Waals surface area contributed by atoms with E-state index in [4.69, 9.17) is 4.74 Å². The summed E-state index contributed by atoms with van der Waals surface area (Å²) in [6.45, 7) is 11.0. The number of ether oxygens (including phenoxy) is 1. The van der Waals surface area contributed by atoms with Crippen molar-refractivity contribution in [2.45, 2.75) is 25.5 Å². The third-order valence-corrected chi connectivity index (χ3v) is 4.21. The molecule has 1 saturated heterocycles. The summed E-state index contributed by atoms with van der Waals surface area (Å²) in [5.74, 6) is 2.95. The number of nitrogens with one attached hydrogen (secondary N) is 1. The molecule has 0 atom stereocenters. The van der Waals surface area contributed by atoms with Crippen molar-refractivity contribution >= 4 is 23.4 Å². The van der Waals surface area contributed by atoms with Crippen molar-refractivity contribution < 1.29 is 4.74 Å². The fourth-order valence-corrected chi connectivity index (χ4v) is 2.76. The lowest BCUT2D eigenvalue weighted by atomic mass is 10.3. The zero-order valence-corrected chi connectivity index (χ0v) is 13.4. The molecule has 0 amide bonds. The summed E-state index contributed by atoms with van der Waals surface area (Å²) < 4.78 is 5.67. The van der Waals surface area contributed by atoms with Crippen LogP contribution in [-0.4, -0.2) is 53.3 Å². The van der Waals surface area contributed by atoms with Crippen LogP contribution in [0.1, 0.15) is 20.8 Å². The average Bonchev–Trinajstić information content (AvgIpc) is 2.44. The van der Waals surface area contributed by atoms with Crippen molar-refractivity contribution in [3.05, 3.63) is 12.4 Å². The first-order valence-corrected chi connectivity index (χ1v) is 8.06. The maximum absolute atomic E-state index is 5.36. The third kappa shape index (κ3) is 5.17. The van der Waals surface area contributed by atoms with Crippen molar-refractivity contribution in [2.24, 2.45) is 0 Å². The molecule has 0 aromatic carbocycles. The summed E-state index contributed by atoms with van der Waals surface area (Å²) in [5.41, 5.74) is 0. The zero-order valence-electron chi connectivity index (χ0n) is 12.6. The first-order valence-electron chi connectivity index (χ1n) is 7.07. The molecule has 112 valence electrons. The lowest BCUT2D eigenvalue weighted by Gasteiger charge is -2.27. The highest BCUT2D eigenvalue weighted by molar-refractivity contribution is 8.00. The molecule has 0 unspecified atom stereocenters. The smallest absolute Gasteiger partial charge is 0.134 e. The van der Waals surface area contributed by atoms with Gasteiger partial charge >= 0.3 is 0 Å². The van der Waals surface area contributed by atoms with Gasteiger partial charge in [-0.05, 0) is 0 Å².